The Morgan fingerprint density at radius 3 is 2.19 bits per heavy atom. The van der Waals surface area contributed by atoms with Crippen LogP contribution in [0.3, 0.4) is 0 Å². The Labute approximate surface area is 351 Å². The lowest BCUT2D eigenvalue weighted by atomic mass is 9.81. The van der Waals surface area contributed by atoms with Gasteiger partial charge in [-0.1, -0.05) is 46.8 Å². The van der Waals surface area contributed by atoms with Crippen LogP contribution in [0.1, 0.15) is 119 Å². The van der Waals surface area contributed by atoms with Crippen molar-refractivity contribution in [1.29, 1.82) is 0 Å². The van der Waals surface area contributed by atoms with Crippen LogP contribution in [0.15, 0.2) is 23.3 Å². The third-order valence-electron chi connectivity index (χ3n) is 13.3. The van der Waals surface area contributed by atoms with Gasteiger partial charge in [-0.25, -0.2) is 4.79 Å². The van der Waals surface area contributed by atoms with Gasteiger partial charge in [-0.05, 0) is 100 Å². The number of amides is 1. The lowest BCUT2D eigenvalue weighted by Crippen LogP contribution is -2.66. The van der Waals surface area contributed by atoms with Gasteiger partial charge in [-0.15, -0.1) is 0 Å². The van der Waals surface area contributed by atoms with Crippen molar-refractivity contribution < 1.29 is 62.9 Å². The Balaban J connectivity index is 1.82. The minimum Gasteiger partial charge on any atom is -0.462 e. The zero-order valence-corrected chi connectivity index (χ0v) is 37.1. The first-order valence-corrected chi connectivity index (χ1v) is 21.8. The lowest BCUT2D eigenvalue weighted by molar-refractivity contribution is -0.346. The lowest BCUT2D eigenvalue weighted by Gasteiger charge is -2.49. The minimum atomic E-state index is -2.32. The van der Waals surface area contributed by atoms with Crippen LogP contribution in [0.2, 0.25) is 0 Å². The zero-order chi connectivity index (χ0) is 43.8. The van der Waals surface area contributed by atoms with E-state index in [0.717, 1.165) is 0 Å². The number of ether oxygens (including phenoxy) is 6. The average Bonchev–Trinajstić information content (AvgIpc) is 3.20. The number of rotatable bonds is 7. The molecule has 2 bridgehead atoms. The number of ketones is 1. The highest BCUT2D eigenvalue weighted by atomic mass is 16.7. The van der Waals surface area contributed by atoms with Gasteiger partial charge in [0.25, 0.3) is 5.91 Å². The number of hydrogen-bond acceptors (Lipinski definition) is 13. The fourth-order valence-electron chi connectivity index (χ4n) is 9.92. The molecule has 0 radical (unpaired) electrons. The first-order chi connectivity index (χ1) is 27.9. The average molecular weight is 836 g/mol. The maximum absolute atomic E-state index is 14.5. The fraction of sp³-hybridized carbons (Fsp3) is 0.822. The van der Waals surface area contributed by atoms with Crippen molar-refractivity contribution in [2.45, 2.75) is 180 Å². The Kier molecular flexibility index (Phi) is 18.1. The molecule has 1 saturated carbocycles. The summed E-state index contributed by atoms with van der Waals surface area (Å²) < 4.78 is 36.0. The second-order valence-corrected chi connectivity index (χ2v) is 17.9. The molecule has 3 aliphatic heterocycles. The number of cyclic esters (lactones) is 1. The predicted octanol–water partition coefficient (Wildman–Crippen LogP) is 4.84. The second kappa shape index (κ2) is 21.9. The molecule has 4 rings (SSSR count). The van der Waals surface area contributed by atoms with E-state index in [-0.39, 0.29) is 55.4 Å². The fourth-order valence-corrected chi connectivity index (χ4v) is 9.92. The molecule has 59 heavy (non-hydrogen) atoms. The Hall–Kier alpha value is -2.72. The predicted molar refractivity (Wildman–Crippen MR) is 219 cm³/mol. The van der Waals surface area contributed by atoms with Gasteiger partial charge in [0.2, 0.25) is 5.79 Å². The molecule has 3 N–H and O–H groups in total. The number of methoxy groups -OCH3 is 3. The van der Waals surface area contributed by atoms with Crippen LogP contribution < -0.4 is 0 Å². The summed E-state index contributed by atoms with van der Waals surface area (Å²) in [5, 5.41) is 34.5. The number of fused-ring (bicyclic) bond motifs is 3. The van der Waals surface area contributed by atoms with E-state index in [2.05, 4.69) is 6.92 Å². The highest BCUT2D eigenvalue weighted by Crippen LogP contribution is 2.41. The summed E-state index contributed by atoms with van der Waals surface area (Å²) in [5.74, 6) is -6.09. The van der Waals surface area contributed by atoms with E-state index >= 15 is 0 Å². The van der Waals surface area contributed by atoms with Gasteiger partial charge in [-0.3, -0.25) is 14.4 Å². The van der Waals surface area contributed by atoms with Gasteiger partial charge in [0, 0.05) is 53.1 Å². The molecule has 3 fully saturated rings. The van der Waals surface area contributed by atoms with E-state index in [1.807, 2.05) is 32.9 Å². The minimum absolute atomic E-state index is 0.0212. The molecule has 1 aliphatic carbocycles. The summed E-state index contributed by atoms with van der Waals surface area (Å²) in [5.41, 5.74) is 1.27. The normalized spacial score (nSPS) is 41.2. The van der Waals surface area contributed by atoms with Gasteiger partial charge in [0.05, 0.1) is 24.4 Å². The highest BCUT2D eigenvalue weighted by molar-refractivity contribution is 5.95. The maximum atomic E-state index is 14.5. The monoisotopic (exact) mass is 836 g/mol. The first kappa shape index (κ1) is 48.9. The largest absolute Gasteiger partial charge is 0.462 e. The summed E-state index contributed by atoms with van der Waals surface area (Å²) >= 11 is 0. The smallest absolute Gasteiger partial charge is 0.329 e. The molecule has 15 atom stereocenters. The topological polar surface area (TPSA) is 188 Å². The van der Waals surface area contributed by atoms with Crippen molar-refractivity contribution in [3.63, 3.8) is 0 Å². The molecule has 336 valence electrons. The molecule has 2 saturated heterocycles. The molecule has 0 aromatic rings. The van der Waals surface area contributed by atoms with Gasteiger partial charge in [0.1, 0.15) is 24.4 Å². The van der Waals surface area contributed by atoms with E-state index < -0.39 is 84.2 Å². The molecule has 14 heteroatoms. The Morgan fingerprint density at radius 1 is 0.898 bits per heavy atom. The second-order valence-electron chi connectivity index (χ2n) is 17.9. The molecule has 14 nitrogen and oxygen atoms in total. The van der Waals surface area contributed by atoms with Crippen molar-refractivity contribution in [2.75, 3.05) is 27.9 Å². The van der Waals surface area contributed by atoms with Gasteiger partial charge in [-0.2, -0.15) is 0 Å². The summed E-state index contributed by atoms with van der Waals surface area (Å²) in [6, 6.07) is -1.10. The molecule has 1 amide bonds. The number of esters is 2. The molecule has 0 spiro atoms. The number of carbonyl (C=O) groups excluding carboxylic acids is 4. The molecule has 0 aromatic heterocycles. The number of allylic oxidation sites excluding steroid dienone is 3. The Bertz CT molecular complexity index is 1500. The quantitative estimate of drug-likeness (QED) is 0.234. The molecular weight excluding hydrogens is 762 g/mol. The first-order valence-electron chi connectivity index (χ1n) is 21.8. The van der Waals surface area contributed by atoms with Crippen molar-refractivity contribution in [3.05, 3.63) is 23.3 Å². The van der Waals surface area contributed by atoms with Gasteiger partial charge in [0.15, 0.2) is 11.9 Å². The highest BCUT2D eigenvalue weighted by Gasteiger charge is 2.56. The van der Waals surface area contributed by atoms with Gasteiger partial charge < -0.3 is 48.6 Å². The van der Waals surface area contributed by atoms with E-state index in [1.54, 1.807) is 35.2 Å². The number of carbonyl (C=O) groups is 4. The third kappa shape index (κ3) is 12.0. The molecule has 4 aliphatic rings. The number of aliphatic hydroxyl groups excluding tert-OH is 2. The number of Topliss-reactive ketones (excluding diaryl/α,β-unsaturated/α-hetero) is 1. The van der Waals surface area contributed by atoms with Crippen LogP contribution >= 0.6 is 0 Å². The van der Waals surface area contributed by atoms with Crippen LogP contribution in [0.25, 0.3) is 0 Å². The van der Waals surface area contributed by atoms with Crippen LogP contribution in [-0.2, 0) is 47.6 Å². The van der Waals surface area contributed by atoms with Crippen LogP contribution in [0.5, 0.6) is 0 Å². The molecule has 3 heterocycles. The van der Waals surface area contributed by atoms with Crippen molar-refractivity contribution in [3.8, 4) is 0 Å². The number of hydrogen-bond donors (Lipinski definition) is 3. The summed E-state index contributed by atoms with van der Waals surface area (Å²) in [6.45, 7) is 12.8. The van der Waals surface area contributed by atoms with Crippen molar-refractivity contribution in [2.24, 2.45) is 29.6 Å². The third-order valence-corrected chi connectivity index (χ3v) is 13.3. The van der Waals surface area contributed by atoms with Crippen LogP contribution in [0, 0.1) is 29.6 Å². The molecule has 3 unspecified atom stereocenters. The van der Waals surface area contributed by atoms with Crippen molar-refractivity contribution >= 4 is 23.6 Å². The number of aliphatic hydroxyl groups is 3. The van der Waals surface area contributed by atoms with E-state index in [9.17, 15) is 34.5 Å². The summed E-state index contributed by atoms with van der Waals surface area (Å²) in [6.07, 6.45) is 2.02. The molecular formula is C45H73NO13. The van der Waals surface area contributed by atoms with Crippen LogP contribution in [-0.4, -0.2) is 132 Å². The van der Waals surface area contributed by atoms with Crippen molar-refractivity contribution in [1.82, 2.24) is 4.90 Å². The van der Waals surface area contributed by atoms with E-state index in [0.29, 0.717) is 62.5 Å². The molecule has 0 aromatic carbocycles. The van der Waals surface area contributed by atoms with Crippen LogP contribution in [0.4, 0.5) is 0 Å². The SMILES string of the molecule is CC/C1=C\C(C)C[C@H](C)C[C@H](OC)[C@H]2O[C@@](O)(C(O)C(=O)N3CCCC[C@H]3C(=O)O[C@H](C(C)=CC3CC[C@@H](O)[C@H](OC)C3)[C@@H](C)[C@@H](OC(C)=O)CC1=O)[C@H](C)C[C@@H]2OC. The van der Waals surface area contributed by atoms with E-state index in [1.165, 1.54) is 11.8 Å². The summed E-state index contributed by atoms with van der Waals surface area (Å²) in [4.78, 5) is 56.9. The number of piperidine rings is 1. The standard InChI is InChI=1S/C45H73NO13/c1-11-32-19-25(2)18-26(3)20-38(55-9)41-39(56-10)22-28(5)45(53,59-41)42(50)43(51)46-17-13-12-14-33(46)44(52)58-40(29(6)36(24-35(32)49)57-30(7)47)27(4)21-31-15-16-34(48)37(23-31)54-8/h19,21,25-26,28-29,31,33-34,36-42,48,50,53H,11-18,20,22-24H2,1-10H3/b27-21?,32-19+/t25?,26-,28+,29-,31?,33-,34+,36-,37+,38-,39-,40+,41+,42?,45+/m0/s1. The summed E-state index contributed by atoms with van der Waals surface area (Å²) in [7, 11) is 4.66. The number of nitrogens with zero attached hydrogens (tertiary/aromatic N) is 1. The zero-order valence-electron chi connectivity index (χ0n) is 37.1. The maximum Gasteiger partial charge on any atom is 0.329 e. The van der Waals surface area contributed by atoms with Gasteiger partial charge >= 0.3 is 11.9 Å². The Morgan fingerprint density at radius 2 is 1.56 bits per heavy atom. The van der Waals surface area contributed by atoms with E-state index in [4.69, 9.17) is 28.4 Å².